The van der Waals surface area contributed by atoms with Crippen molar-refractivity contribution < 1.29 is 23.9 Å². The molecule has 0 saturated heterocycles. The normalized spacial score (nSPS) is 11.7. The number of carbonyl (C=O) groups is 3. The molecule has 0 fully saturated rings. The maximum Gasteiger partial charge on any atom is 0.326 e. The number of halogens is 1. The Morgan fingerprint density at radius 3 is 2.60 bits per heavy atom. The summed E-state index contributed by atoms with van der Waals surface area (Å²) in [4.78, 5) is 33.6. The summed E-state index contributed by atoms with van der Waals surface area (Å²) in [5.41, 5.74) is 5.50. The minimum Gasteiger partial charge on any atom is -0.480 e. The van der Waals surface area contributed by atoms with E-state index in [2.05, 4.69) is 5.32 Å². The van der Waals surface area contributed by atoms with Crippen molar-refractivity contribution in [2.75, 3.05) is 0 Å². The second-order valence-corrected chi connectivity index (χ2v) is 4.33. The number of carboxylic acid groups (broad SMARTS) is 1. The first-order valence-electron chi connectivity index (χ1n) is 5.89. The van der Waals surface area contributed by atoms with Crippen LogP contribution in [0, 0.1) is 12.7 Å². The first-order chi connectivity index (χ1) is 9.31. The van der Waals surface area contributed by atoms with Crippen LogP contribution in [0.5, 0.6) is 0 Å². The van der Waals surface area contributed by atoms with E-state index in [1.54, 1.807) is 6.92 Å². The van der Waals surface area contributed by atoms with Gasteiger partial charge in [-0.05, 0) is 31.0 Å². The number of nitrogens with two attached hydrogens (primary N) is 1. The molecule has 0 aromatic heterocycles. The molecule has 0 aliphatic heterocycles. The number of rotatable bonds is 6. The Balaban J connectivity index is 2.82. The third kappa shape index (κ3) is 4.34. The number of benzene rings is 1. The van der Waals surface area contributed by atoms with Crippen LogP contribution in [0.1, 0.15) is 28.8 Å². The number of carbonyl (C=O) groups excluding carboxylic acids is 2. The Morgan fingerprint density at radius 2 is 2.05 bits per heavy atom. The quantitative estimate of drug-likeness (QED) is 0.709. The predicted octanol–water partition coefficient (Wildman–Crippen LogP) is 0.583. The summed E-state index contributed by atoms with van der Waals surface area (Å²) in [7, 11) is 0. The van der Waals surface area contributed by atoms with Gasteiger partial charge in [0, 0.05) is 12.0 Å². The lowest BCUT2D eigenvalue weighted by molar-refractivity contribution is -0.139. The molecule has 0 radical (unpaired) electrons. The Kier molecular flexibility index (Phi) is 5.19. The maximum atomic E-state index is 13.1. The van der Waals surface area contributed by atoms with Crippen molar-refractivity contribution in [1.29, 1.82) is 0 Å². The van der Waals surface area contributed by atoms with Gasteiger partial charge in [-0.2, -0.15) is 0 Å². The van der Waals surface area contributed by atoms with Crippen LogP contribution in [0.2, 0.25) is 0 Å². The van der Waals surface area contributed by atoms with Gasteiger partial charge >= 0.3 is 5.97 Å². The number of primary amides is 1. The average molecular weight is 282 g/mol. The lowest BCUT2D eigenvalue weighted by atomic mass is 10.1. The number of aliphatic carboxylic acids is 1. The van der Waals surface area contributed by atoms with E-state index in [0.29, 0.717) is 5.56 Å². The molecule has 1 atom stereocenters. The van der Waals surface area contributed by atoms with Crippen molar-refractivity contribution in [1.82, 2.24) is 5.32 Å². The molecule has 1 aromatic rings. The molecule has 0 heterocycles. The van der Waals surface area contributed by atoms with Crippen LogP contribution in [-0.2, 0) is 9.59 Å². The Morgan fingerprint density at radius 1 is 1.40 bits per heavy atom. The summed E-state index contributed by atoms with van der Waals surface area (Å²) < 4.78 is 13.1. The molecule has 1 unspecified atom stereocenters. The minimum absolute atomic E-state index is 0.0512. The largest absolute Gasteiger partial charge is 0.480 e. The smallest absolute Gasteiger partial charge is 0.326 e. The van der Waals surface area contributed by atoms with Gasteiger partial charge in [0.05, 0.1) is 0 Å². The van der Waals surface area contributed by atoms with Crippen molar-refractivity contribution >= 4 is 17.8 Å². The van der Waals surface area contributed by atoms with Gasteiger partial charge in [0.25, 0.3) is 5.91 Å². The maximum absolute atomic E-state index is 13.1. The van der Waals surface area contributed by atoms with Crippen LogP contribution >= 0.6 is 0 Å². The fourth-order valence-electron chi connectivity index (χ4n) is 1.62. The van der Waals surface area contributed by atoms with Crippen LogP contribution in [0.4, 0.5) is 4.39 Å². The fourth-order valence-corrected chi connectivity index (χ4v) is 1.62. The summed E-state index contributed by atoms with van der Waals surface area (Å²) in [6, 6.07) is 2.40. The summed E-state index contributed by atoms with van der Waals surface area (Å²) in [6.45, 7) is 1.60. The number of hydrogen-bond acceptors (Lipinski definition) is 3. The SMILES string of the molecule is Cc1ccc(F)cc1C(=O)NC(CCC(N)=O)C(=O)O. The van der Waals surface area contributed by atoms with E-state index in [1.807, 2.05) is 0 Å². The molecule has 0 aliphatic carbocycles. The number of hydrogen-bond donors (Lipinski definition) is 3. The highest BCUT2D eigenvalue weighted by Gasteiger charge is 2.22. The third-order valence-corrected chi connectivity index (χ3v) is 2.73. The second kappa shape index (κ2) is 6.65. The van der Waals surface area contributed by atoms with Crippen LogP contribution < -0.4 is 11.1 Å². The third-order valence-electron chi connectivity index (χ3n) is 2.73. The molecule has 0 spiro atoms. The summed E-state index contributed by atoms with van der Waals surface area (Å²) >= 11 is 0. The average Bonchev–Trinajstić information content (AvgIpc) is 2.36. The van der Waals surface area contributed by atoms with E-state index in [0.717, 1.165) is 6.07 Å². The van der Waals surface area contributed by atoms with Crippen molar-refractivity contribution in [2.24, 2.45) is 5.73 Å². The van der Waals surface area contributed by atoms with E-state index in [-0.39, 0.29) is 18.4 Å². The van der Waals surface area contributed by atoms with Crippen molar-refractivity contribution in [3.63, 3.8) is 0 Å². The molecule has 20 heavy (non-hydrogen) atoms. The monoisotopic (exact) mass is 282 g/mol. The first kappa shape index (κ1) is 15.6. The molecule has 2 amide bonds. The number of carboxylic acids is 1. The lowest BCUT2D eigenvalue weighted by Crippen LogP contribution is -2.41. The van der Waals surface area contributed by atoms with E-state index >= 15 is 0 Å². The standard InChI is InChI=1S/C13H15FN2O4/c1-7-2-3-8(14)6-9(7)12(18)16-10(13(19)20)4-5-11(15)17/h2-3,6,10H,4-5H2,1H3,(H2,15,17)(H,16,18)(H,19,20). The number of aryl methyl sites for hydroxylation is 1. The molecule has 4 N–H and O–H groups in total. The van der Waals surface area contributed by atoms with E-state index in [9.17, 15) is 18.8 Å². The van der Waals surface area contributed by atoms with E-state index in [1.165, 1.54) is 12.1 Å². The van der Waals surface area contributed by atoms with Gasteiger partial charge in [0.2, 0.25) is 5.91 Å². The van der Waals surface area contributed by atoms with Crippen LogP contribution in [0.25, 0.3) is 0 Å². The topological polar surface area (TPSA) is 109 Å². The Labute approximate surface area is 114 Å². The van der Waals surface area contributed by atoms with Gasteiger partial charge in [-0.15, -0.1) is 0 Å². The zero-order chi connectivity index (χ0) is 15.3. The van der Waals surface area contributed by atoms with Crippen molar-refractivity contribution in [3.8, 4) is 0 Å². The molecule has 7 heteroatoms. The molecular formula is C13H15FN2O4. The van der Waals surface area contributed by atoms with Crippen LogP contribution in [0.3, 0.4) is 0 Å². The highest BCUT2D eigenvalue weighted by atomic mass is 19.1. The van der Waals surface area contributed by atoms with E-state index in [4.69, 9.17) is 10.8 Å². The molecule has 1 aromatic carbocycles. The molecule has 0 saturated carbocycles. The van der Waals surface area contributed by atoms with Gasteiger partial charge < -0.3 is 16.2 Å². The molecule has 1 rings (SSSR count). The van der Waals surface area contributed by atoms with Gasteiger partial charge in [0.1, 0.15) is 11.9 Å². The predicted molar refractivity (Wildman–Crippen MR) is 68.5 cm³/mol. The van der Waals surface area contributed by atoms with Crippen molar-refractivity contribution in [3.05, 3.63) is 35.1 Å². The number of nitrogens with one attached hydrogen (secondary N) is 1. The molecular weight excluding hydrogens is 267 g/mol. The van der Waals surface area contributed by atoms with Gasteiger partial charge in [-0.25, -0.2) is 9.18 Å². The Hall–Kier alpha value is -2.44. The van der Waals surface area contributed by atoms with Crippen molar-refractivity contribution in [2.45, 2.75) is 25.8 Å². The molecule has 0 bridgehead atoms. The van der Waals surface area contributed by atoms with Crippen LogP contribution in [0.15, 0.2) is 18.2 Å². The van der Waals surface area contributed by atoms with Gasteiger partial charge in [-0.1, -0.05) is 6.07 Å². The fraction of sp³-hybridized carbons (Fsp3) is 0.308. The molecule has 6 nitrogen and oxygen atoms in total. The highest BCUT2D eigenvalue weighted by Crippen LogP contribution is 2.11. The second-order valence-electron chi connectivity index (χ2n) is 4.33. The summed E-state index contributed by atoms with van der Waals surface area (Å²) in [5.74, 6) is -3.25. The van der Waals surface area contributed by atoms with Gasteiger partial charge in [-0.3, -0.25) is 9.59 Å². The number of amides is 2. The summed E-state index contributed by atoms with van der Waals surface area (Å²) in [6.07, 6.45) is -0.288. The molecule has 108 valence electrons. The zero-order valence-corrected chi connectivity index (χ0v) is 10.9. The summed E-state index contributed by atoms with van der Waals surface area (Å²) in [5, 5.41) is 11.2. The minimum atomic E-state index is -1.28. The Bertz CT molecular complexity index is 545. The highest BCUT2D eigenvalue weighted by molar-refractivity contribution is 5.97. The van der Waals surface area contributed by atoms with E-state index < -0.39 is 29.6 Å². The van der Waals surface area contributed by atoms with Crippen LogP contribution in [-0.4, -0.2) is 28.9 Å². The lowest BCUT2D eigenvalue weighted by Gasteiger charge is -2.14. The van der Waals surface area contributed by atoms with Gasteiger partial charge in [0.15, 0.2) is 0 Å². The zero-order valence-electron chi connectivity index (χ0n) is 10.9. The molecule has 0 aliphatic rings. The first-order valence-corrected chi connectivity index (χ1v) is 5.89.